The molecule has 0 amide bonds. The molecule has 1 rings (SSSR count). The molecule has 78 valence electrons. The highest BCUT2D eigenvalue weighted by atomic mass is 16.5. The van der Waals surface area contributed by atoms with Crippen molar-refractivity contribution in [2.75, 3.05) is 13.7 Å². The first-order valence-electron chi connectivity index (χ1n) is 4.99. The van der Waals surface area contributed by atoms with Gasteiger partial charge in [0.15, 0.2) is 0 Å². The van der Waals surface area contributed by atoms with Gasteiger partial charge >= 0.3 is 0 Å². The van der Waals surface area contributed by atoms with Crippen molar-refractivity contribution >= 4 is 0 Å². The molecule has 0 bridgehead atoms. The molecule has 0 radical (unpaired) electrons. The summed E-state index contributed by atoms with van der Waals surface area (Å²) in [4.78, 5) is 0. The number of methoxy groups -OCH3 is 1. The van der Waals surface area contributed by atoms with Crippen molar-refractivity contribution in [2.45, 2.75) is 26.3 Å². The van der Waals surface area contributed by atoms with Gasteiger partial charge in [-0.1, -0.05) is 19.1 Å². The quantitative estimate of drug-likeness (QED) is 0.793. The van der Waals surface area contributed by atoms with Gasteiger partial charge in [-0.3, -0.25) is 0 Å². The van der Waals surface area contributed by atoms with Crippen LogP contribution in [0.2, 0.25) is 0 Å². The Balaban J connectivity index is 2.93. The van der Waals surface area contributed by atoms with E-state index in [0.717, 1.165) is 12.3 Å². The summed E-state index contributed by atoms with van der Waals surface area (Å²) >= 11 is 0. The third-order valence-electron chi connectivity index (χ3n) is 2.41. The predicted octanol–water partition coefficient (Wildman–Crippen LogP) is 2.54. The fourth-order valence-corrected chi connectivity index (χ4v) is 1.56. The first-order valence-corrected chi connectivity index (χ1v) is 4.99. The lowest BCUT2D eigenvalue weighted by Gasteiger charge is -2.26. The van der Waals surface area contributed by atoms with Crippen molar-refractivity contribution in [2.24, 2.45) is 0 Å². The summed E-state index contributed by atoms with van der Waals surface area (Å²) in [5.74, 6) is 0.911. The Morgan fingerprint density at radius 2 is 2.07 bits per heavy atom. The van der Waals surface area contributed by atoms with E-state index >= 15 is 0 Å². The third-order valence-corrected chi connectivity index (χ3v) is 2.41. The standard InChI is InChI=1S/C12H19NO/c1-5-13-12(2,3)10-7-6-8-11(9-10)14-4/h6-9,13H,5H2,1-4H3. The summed E-state index contributed by atoms with van der Waals surface area (Å²) in [7, 11) is 1.69. The molecule has 0 aromatic heterocycles. The van der Waals surface area contributed by atoms with Gasteiger partial charge < -0.3 is 10.1 Å². The van der Waals surface area contributed by atoms with Crippen LogP contribution in [0.1, 0.15) is 26.3 Å². The largest absolute Gasteiger partial charge is 0.497 e. The molecule has 0 aliphatic rings. The second kappa shape index (κ2) is 4.47. The molecule has 0 spiro atoms. The normalized spacial score (nSPS) is 11.4. The van der Waals surface area contributed by atoms with Gasteiger partial charge in [-0.25, -0.2) is 0 Å². The maximum Gasteiger partial charge on any atom is 0.119 e. The van der Waals surface area contributed by atoms with Crippen LogP contribution in [0.3, 0.4) is 0 Å². The van der Waals surface area contributed by atoms with Crippen LogP contribution < -0.4 is 10.1 Å². The fraction of sp³-hybridized carbons (Fsp3) is 0.500. The summed E-state index contributed by atoms with van der Waals surface area (Å²) < 4.78 is 5.20. The first-order chi connectivity index (χ1) is 6.60. The Labute approximate surface area is 86.3 Å². The highest BCUT2D eigenvalue weighted by molar-refractivity contribution is 5.32. The number of nitrogens with one attached hydrogen (secondary N) is 1. The third kappa shape index (κ3) is 2.48. The lowest BCUT2D eigenvalue weighted by molar-refractivity contribution is 0.398. The zero-order valence-corrected chi connectivity index (χ0v) is 9.42. The predicted molar refractivity (Wildman–Crippen MR) is 59.7 cm³/mol. The average molecular weight is 193 g/mol. The smallest absolute Gasteiger partial charge is 0.119 e. The molecule has 0 heterocycles. The fourth-order valence-electron chi connectivity index (χ4n) is 1.56. The average Bonchev–Trinajstić information content (AvgIpc) is 2.18. The van der Waals surface area contributed by atoms with Crippen LogP contribution in [0, 0.1) is 0 Å². The van der Waals surface area contributed by atoms with E-state index in [1.54, 1.807) is 7.11 Å². The minimum Gasteiger partial charge on any atom is -0.497 e. The highest BCUT2D eigenvalue weighted by Crippen LogP contribution is 2.23. The summed E-state index contributed by atoms with van der Waals surface area (Å²) in [5, 5.41) is 3.43. The summed E-state index contributed by atoms with van der Waals surface area (Å²) in [5.41, 5.74) is 1.25. The second-order valence-corrected chi connectivity index (χ2v) is 3.89. The van der Waals surface area contributed by atoms with E-state index in [4.69, 9.17) is 4.74 Å². The molecule has 2 heteroatoms. The number of hydrogen-bond acceptors (Lipinski definition) is 2. The molecule has 1 N–H and O–H groups in total. The van der Waals surface area contributed by atoms with Crippen molar-refractivity contribution < 1.29 is 4.74 Å². The second-order valence-electron chi connectivity index (χ2n) is 3.89. The van der Waals surface area contributed by atoms with Crippen molar-refractivity contribution in [3.8, 4) is 5.75 Å². The van der Waals surface area contributed by atoms with Gasteiger partial charge in [0.2, 0.25) is 0 Å². The monoisotopic (exact) mass is 193 g/mol. The topological polar surface area (TPSA) is 21.3 Å². The van der Waals surface area contributed by atoms with E-state index < -0.39 is 0 Å². The van der Waals surface area contributed by atoms with Gasteiger partial charge in [-0.15, -0.1) is 0 Å². The molecule has 0 atom stereocenters. The molecule has 14 heavy (non-hydrogen) atoms. The molecule has 1 aromatic carbocycles. The van der Waals surface area contributed by atoms with Crippen molar-refractivity contribution in [3.05, 3.63) is 29.8 Å². The lowest BCUT2D eigenvalue weighted by Crippen LogP contribution is -2.36. The number of hydrogen-bond donors (Lipinski definition) is 1. The zero-order valence-electron chi connectivity index (χ0n) is 9.42. The number of rotatable bonds is 4. The molecule has 2 nitrogen and oxygen atoms in total. The molecular formula is C12H19NO. The van der Waals surface area contributed by atoms with Crippen molar-refractivity contribution in [3.63, 3.8) is 0 Å². The molecule has 0 unspecified atom stereocenters. The van der Waals surface area contributed by atoms with Crippen molar-refractivity contribution in [1.29, 1.82) is 0 Å². The van der Waals surface area contributed by atoms with E-state index in [9.17, 15) is 0 Å². The number of ether oxygens (including phenoxy) is 1. The Bertz CT molecular complexity index is 294. The SMILES string of the molecule is CCNC(C)(C)c1cccc(OC)c1. The van der Waals surface area contributed by atoms with E-state index in [1.165, 1.54) is 5.56 Å². The van der Waals surface area contributed by atoms with Gasteiger partial charge in [0.1, 0.15) is 5.75 Å². The van der Waals surface area contributed by atoms with Crippen LogP contribution in [-0.4, -0.2) is 13.7 Å². The van der Waals surface area contributed by atoms with E-state index in [0.29, 0.717) is 0 Å². The van der Waals surface area contributed by atoms with Gasteiger partial charge in [0.25, 0.3) is 0 Å². The van der Waals surface area contributed by atoms with E-state index in [2.05, 4.69) is 38.2 Å². The maximum atomic E-state index is 5.20. The maximum absolute atomic E-state index is 5.20. The first kappa shape index (κ1) is 11.1. The van der Waals surface area contributed by atoms with E-state index in [-0.39, 0.29) is 5.54 Å². The van der Waals surface area contributed by atoms with Gasteiger partial charge in [-0.05, 0) is 38.1 Å². The number of benzene rings is 1. The molecule has 0 saturated heterocycles. The Morgan fingerprint density at radius 3 is 2.64 bits per heavy atom. The minimum absolute atomic E-state index is 0.00326. The highest BCUT2D eigenvalue weighted by Gasteiger charge is 2.18. The van der Waals surface area contributed by atoms with Crippen LogP contribution >= 0.6 is 0 Å². The van der Waals surface area contributed by atoms with Crippen LogP contribution in [-0.2, 0) is 5.54 Å². The molecular weight excluding hydrogens is 174 g/mol. The van der Waals surface area contributed by atoms with Gasteiger partial charge in [0.05, 0.1) is 7.11 Å². The van der Waals surface area contributed by atoms with Gasteiger partial charge in [-0.2, -0.15) is 0 Å². The van der Waals surface area contributed by atoms with Crippen LogP contribution in [0.15, 0.2) is 24.3 Å². The minimum atomic E-state index is 0.00326. The summed E-state index contributed by atoms with van der Waals surface area (Å²) in [6.07, 6.45) is 0. The zero-order chi connectivity index (χ0) is 10.6. The lowest BCUT2D eigenvalue weighted by atomic mass is 9.94. The van der Waals surface area contributed by atoms with Crippen LogP contribution in [0.25, 0.3) is 0 Å². The van der Waals surface area contributed by atoms with Gasteiger partial charge in [0, 0.05) is 5.54 Å². The molecule has 0 aliphatic heterocycles. The molecule has 0 fully saturated rings. The van der Waals surface area contributed by atoms with Crippen molar-refractivity contribution in [1.82, 2.24) is 5.32 Å². The molecule has 0 saturated carbocycles. The molecule has 1 aromatic rings. The summed E-state index contributed by atoms with van der Waals surface area (Å²) in [6.45, 7) is 7.42. The molecule has 0 aliphatic carbocycles. The van der Waals surface area contributed by atoms with Crippen LogP contribution in [0.4, 0.5) is 0 Å². The van der Waals surface area contributed by atoms with Crippen LogP contribution in [0.5, 0.6) is 5.75 Å². The Morgan fingerprint density at radius 1 is 1.36 bits per heavy atom. The van der Waals surface area contributed by atoms with E-state index in [1.807, 2.05) is 12.1 Å². The summed E-state index contributed by atoms with van der Waals surface area (Å²) in [6, 6.07) is 8.17. The Hall–Kier alpha value is -1.02. The Kier molecular flexibility index (Phi) is 3.53.